The summed E-state index contributed by atoms with van der Waals surface area (Å²) in [4.78, 5) is 27.3. The van der Waals surface area contributed by atoms with Gasteiger partial charge in [0.25, 0.3) is 0 Å². The molecule has 0 spiro atoms. The summed E-state index contributed by atoms with van der Waals surface area (Å²) in [6, 6.07) is 0.120. The molecule has 0 radical (unpaired) electrons. The summed E-state index contributed by atoms with van der Waals surface area (Å²) in [6.45, 7) is 5.51. The minimum absolute atomic E-state index is 0. The zero-order chi connectivity index (χ0) is 14.6. The molecule has 1 fully saturated rings. The summed E-state index contributed by atoms with van der Waals surface area (Å²) in [7, 11) is 3.59. The maximum Gasteiger partial charge on any atom is 0.226 e. The van der Waals surface area contributed by atoms with Gasteiger partial charge in [0.1, 0.15) is 0 Å². The van der Waals surface area contributed by atoms with Gasteiger partial charge in [0, 0.05) is 45.6 Å². The van der Waals surface area contributed by atoms with Crippen molar-refractivity contribution in [2.45, 2.75) is 39.2 Å². The number of halogens is 1. The molecule has 0 aliphatic carbocycles. The van der Waals surface area contributed by atoms with Gasteiger partial charge in [-0.15, -0.1) is 12.4 Å². The highest BCUT2D eigenvalue weighted by molar-refractivity contribution is 5.86. The maximum absolute atomic E-state index is 12.2. The Morgan fingerprint density at radius 1 is 1.50 bits per heavy atom. The molecule has 2 amide bonds. The fraction of sp³-hybridized carbons (Fsp3) is 0.857. The molecule has 20 heavy (non-hydrogen) atoms. The molecule has 0 aromatic carbocycles. The molecule has 0 aromatic heterocycles. The van der Waals surface area contributed by atoms with E-state index >= 15 is 0 Å². The van der Waals surface area contributed by atoms with Gasteiger partial charge in [0.05, 0.1) is 0 Å². The molecule has 2 atom stereocenters. The van der Waals surface area contributed by atoms with Crippen molar-refractivity contribution in [3.8, 4) is 0 Å². The van der Waals surface area contributed by atoms with Crippen LogP contribution in [0, 0.1) is 11.8 Å². The average molecular weight is 306 g/mol. The van der Waals surface area contributed by atoms with Crippen LogP contribution in [0.4, 0.5) is 0 Å². The summed E-state index contributed by atoms with van der Waals surface area (Å²) in [5.41, 5.74) is 5.98. The van der Waals surface area contributed by atoms with Crippen LogP contribution in [0.1, 0.15) is 33.1 Å². The van der Waals surface area contributed by atoms with Crippen LogP contribution in [0.25, 0.3) is 0 Å². The number of piperidine rings is 1. The van der Waals surface area contributed by atoms with Crippen LogP contribution in [-0.2, 0) is 9.59 Å². The van der Waals surface area contributed by atoms with Crippen LogP contribution in [-0.4, -0.2) is 54.8 Å². The van der Waals surface area contributed by atoms with Gasteiger partial charge < -0.3 is 15.5 Å². The SMILES string of the molecule is CC(C)C(N)CCN(C)C(=O)C1CCN(C)C(=O)C1.Cl. The van der Waals surface area contributed by atoms with Crippen molar-refractivity contribution < 1.29 is 9.59 Å². The van der Waals surface area contributed by atoms with E-state index in [2.05, 4.69) is 13.8 Å². The largest absolute Gasteiger partial charge is 0.346 e. The third-order valence-corrected chi connectivity index (χ3v) is 4.04. The van der Waals surface area contributed by atoms with Gasteiger partial charge >= 0.3 is 0 Å². The van der Waals surface area contributed by atoms with Crippen LogP contribution in [0.3, 0.4) is 0 Å². The van der Waals surface area contributed by atoms with E-state index in [1.54, 1.807) is 23.9 Å². The van der Waals surface area contributed by atoms with Crippen molar-refractivity contribution in [1.29, 1.82) is 0 Å². The molecule has 5 nitrogen and oxygen atoms in total. The Hall–Kier alpha value is -0.810. The second-order valence-corrected chi connectivity index (χ2v) is 5.96. The number of carbonyl (C=O) groups is 2. The second kappa shape index (κ2) is 8.47. The first-order valence-corrected chi connectivity index (χ1v) is 7.07. The van der Waals surface area contributed by atoms with Gasteiger partial charge in [-0.25, -0.2) is 0 Å². The Bertz CT molecular complexity index is 336. The summed E-state index contributed by atoms with van der Waals surface area (Å²) in [6.07, 6.45) is 1.91. The Labute approximate surface area is 128 Å². The van der Waals surface area contributed by atoms with E-state index in [9.17, 15) is 9.59 Å². The van der Waals surface area contributed by atoms with E-state index in [1.807, 2.05) is 0 Å². The molecule has 1 aliphatic rings. The Balaban J connectivity index is 0.00000361. The lowest BCUT2D eigenvalue weighted by Gasteiger charge is -2.31. The molecule has 118 valence electrons. The molecule has 1 heterocycles. The van der Waals surface area contributed by atoms with Gasteiger partial charge in [-0.05, 0) is 18.8 Å². The number of nitrogens with two attached hydrogens (primary N) is 1. The standard InChI is InChI=1S/C14H27N3O2.ClH/c1-10(2)12(15)6-8-17(4)14(19)11-5-7-16(3)13(18)9-11;/h10-12H,5-9,15H2,1-4H3;1H. The van der Waals surface area contributed by atoms with E-state index in [0.717, 1.165) is 12.8 Å². The second-order valence-electron chi connectivity index (χ2n) is 5.96. The fourth-order valence-electron chi connectivity index (χ4n) is 2.25. The lowest BCUT2D eigenvalue weighted by atomic mass is 9.94. The molecule has 0 aromatic rings. The van der Waals surface area contributed by atoms with Crippen molar-refractivity contribution in [3.05, 3.63) is 0 Å². The molecule has 2 unspecified atom stereocenters. The predicted molar refractivity (Wildman–Crippen MR) is 82.7 cm³/mol. The smallest absolute Gasteiger partial charge is 0.226 e. The number of carbonyl (C=O) groups excluding carboxylic acids is 2. The highest BCUT2D eigenvalue weighted by Crippen LogP contribution is 2.19. The van der Waals surface area contributed by atoms with Crippen LogP contribution in [0.5, 0.6) is 0 Å². The Kier molecular flexibility index (Phi) is 8.13. The van der Waals surface area contributed by atoms with Crippen molar-refractivity contribution in [2.75, 3.05) is 27.2 Å². The van der Waals surface area contributed by atoms with Crippen LogP contribution < -0.4 is 5.73 Å². The quantitative estimate of drug-likeness (QED) is 0.827. The summed E-state index contributed by atoms with van der Waals surface area (Å²) >= 11 is 0. The first-order valence-electron chi connectivity index (χ1n) is 7.07. The van der Waals surface area contributed by atoms with Crippen molar-refractivity contribution in [2.24, 2.45) is 17.6 Å². The zero-order valence-electron chi connectivity index (χ0n) is 13.0. The van der Waals surface area contributed by atoms with E-state index in [4.69, 9.17) is 5.73 Å². The number of nitrogens with zero attached hydrogens (tertiary/aromatic N) is 2. The molecule has 1 saturated heterocycles. The molecular formula is C14H28ClN3O2. The highest BCUT2D eigenvalue weighted by Gasteiger charge is 2.30. The van der Waals surface area contributed by atoms with Gasteiger partial charge in [-0.1, -0.05) is 13.8 Å². The van der Waals surface area contributed by atoms with Crippen LogP contribution in [0.15, 0.2) is 0 Å². The molecule has 2 N–H and O–H groups in total. The average Bonchev–Trinajstić information content (AvgIpc) is 2.37. The molecule has 6 heteroatoms. The molecule has 0 saturated carbocycles. The summed E-state index contributed by atoms with van der Waals surface area (Å²) < 4.78 is 0. The monoisotopic (exact) mass is 305 g/mol. The van der Waals surface area contributed by atoms with Gasteiger partial charge in [-0.3, -0.25) is 9.59 Å². The van der Waals surface area contributed by atoms with Gasteiger partial charge in [0.15, 0.2) is 0 Å². The van der Waals surface area contributed by atoms with E-state index < -0.39 is 0 Å². The van der Waals surface area contributed by atoms with E-state index in [1.165, 1.54) is 0 Å². The molecule has 1 aliphatic heterocycles. The number of amides is 2. The fourth-order valence-corrected chi connectivity index (χ4v) is 2.25. The lowest BCUT2D eigenvalue weighted by molar-refractivity contribution is -0.143. The lowest BCUT2D eigenvalue weighted by Crippen LogP contribution is -2.43. The molecule has 0 bridgehead atoms. The third-order valence-electron chi connectivity index (χ3n) is 4.04. The highest BCUT2D eigenvalue weighted by atomic mass is 35.5. The van der Waals surface area contributed by atoms with Crippen molar-refractivity contribution in [3.63, 3.8) is 0 Å². The molecule has 1 rings (SSSR count). The summed E-state index contributed by atoms with van der Waals surface area (Å²) in [5, 5.41) is 0. The van der Waals surface area contributed by atoms with Crippen molar-refractivity contribution in [1.82, 2.24) is 9.80 Å². The number of hydrogen-bond donors (Lipinski definition) is 1. The van der Waals surface area contributed by atoms with E-state index in [-0.39, 0.29) is 36.2 Å². The van der Waals surface area contributed by atoms with Crippen LogP contribution in [0.2, 0.25) is 0 Å². The minimum atomic E-state index is -0.149. The zero-order valence-corrected chi connectivity index (χ0v) is 13.8. The topological polar surface area (TPSA) is 66.6 Å². The normalized spacial score (nSPS) is 20.6. The molecular weight excluding hydrogens is 278 g/mol. The van der Waals surface area contributed by atoms with Crippen LogP contribution >= 0.6 is 12.4 Å². The number of hydrogen-bond acceptors (Lipinski definition) is 3. The minimum Gasteiger partial charge on any atom is -0.346 e. The van der Waals surface area contributed by atoms with Gasteiger partial charge in [-0.2, -0.15) is 0 Å². The number of rotatable bonds is 5. The predicted octanol–water partition coefficient (Wildman–Crippen LogP) is 1.11. The Morgan fingerprint density at radius 2 is 2.10 bits per heavy atom. The summed E-state index contributed by atoms with van der Waals surface area (Å²) in [5.74, 6) is 0.423. The first kappa shape index (κ1) is 19.2. The Morgan fingerprint density at radius 3 is 2.60 bits per heavy atom. The van der Waals surface area contributed by atoms with E-state index in [0.29, 0.717) is 25.4 Å². The van der Waals surface area contributed by atoms with Crippen molar-refractivity contribution >= 4 is 24.2 Å². The number of likely N-dealkylation sites (tertiary alicyclic amines) is 1. The first-order chi connectivity index (χ1) is 8.82. The third kappa shape index (κ3) is 5.29. The maximum atomic E-state index is 12.2. The van der Waals surface area contributed by atoms with Gasteiger partial charge in [0.2, 0.25) is 11.8 Å².